The molecule has 0 spiro atoms. The van der Waals surface area contributed by atoms with Gasteiger partial charge in [0.1, 0.15) is 0 Å². The van der Waals surface area contributed by atoms with E-state index in [2.05, 4.69) is 66.8 Å². The molecule has 1 N–H and O–H groups in total. The topological polar surface area (TPSA) is 21.3 Å². The molecule has 0 aromatic heterocycles. The Hall–Kier alpha value is -1.84. The first-order valence-electron chi connectivity index (χ1n) is 7.44. The van der Waals surface area contributed by atoms with E-state index < -0.39 is 0 Å². The summed E-state index contributed by atoms with van der Waals surface area (Å²) in [7, 11) is -0.0228. The van der Waals surface area contributed by atoms with Crippen molar-refractivity contribution in [3.63, 3.8) is 0 Å². The first-order valence-corrected chi connectivity index (χ1v) is 7.44. The lowest BCUT2D eigenvalue weighted by molar-refractivity contribution is 0.216. The quantitative estimate of drug-likeness (QED) is 0.853. The lowest BCUT2D eigenvalue weighted by Crippen LogP contribution is -2.31. The summed E-state index contributed by atoms with van der Waals surface area (Å²) in [6, 6.07) is 21.1. The number of allylic oxidation sites excluding steroid dienone is 2. The molecule has 0 unspecified atom stereocenters. The molecule has 1 heterocycles. The second-order valence-corrected chi connectivity index (χ2v) is 5.44. The van der Waals surface area contributed by atoms with Crippen LogP contribution in [-0.2, 0) is 4.65 Å². The molecule has 0 saturated carbocycles. The van der Waals surface area contributed by atoms with Gasteiger partial charge in [-0.25, -0.2) is 0 Å². The highest BCUT2D eigenvalue weighted by atomic mass is 16.5. The number of hydrogen-bond donors (Lipinski definition) is 1. The predicted octanol–water partition coefficient (Wildman–Crippen LogP) is 4.08. The van der Waals surface area contributed by atoms with Crippen molar-refractivity contribution < 1.29 is 4.65 Å². The summed E-state index contributed by atoms with van der Waals surface area (Å²) in [5.74, 6) is 0. The molecule has 1 aliphatic rings. The van der Waals surface area contributed by atoms with Crippen molar-refractivity contribution in [2.75, 3.05) is 0 Å². The maximum atomic E-state index is 6.29. The fraction of sp³-hybridized carbons (Fsp3) is 0.222. The van der Waals surface area contributed by atoms with Crippen LogP contribution in [0.5, 0.6) is 0 Å². The highest BCUT2D eigenvalue weighted by molar-refractivity contribution is 6.58. The van der Waals surface area contributed by atoms with Crippen molar-refractivity contribution >= 4 is 7.05 Å². The van der Waals surface area contributed by atoms with E-state index in [1.807, 2.05) is 19.1 Å². The van der Waals surface area contributed by atoms with Gasteiger partial charge in [-0.3, -0.25) is 0 Å². The zero-order valence-electron chi connectivity index (χ0n) is 12.5. The Morgan fingerprint density at radius 2 is 1.57 bits per heavy atom. The fourth-order valence-corrected chi connectivity index (χ4v) is 2.75. The fourth-order valence-electron chi connectivity index (χ4n) is 2.75. The second kappa shape index (κ2) is 6.29. The predicted molar refractivity (Wildman–Crippen MR) is 87.8 cm³/mol. The molecule has 2 aromatic carbocycles. The highest BCUT2D eigenvalue weighted by Crippen LogP contribution is 2.38. The molecule has 0 amide bonds. The molecule has 106 valence electrons. The number of hydrogen-bond acceptors (Lipinski definition) is 2. The van der Waals surface area contributed by atoms with Gasteiger partial charge in [-0.15, -0.1) is 0 Å². The van der Waals surface area contributed by atoms with Gasteiger partial charge in [0.15, 0.2) is 0 Å². The lowest BCUT2D eigenvalue weighted by atomic mass is 9.74. The summed E-state index contributed by atoms with van der Waals surface area (Å²) in [4.78, 5) is 0. The van der Waals surface area contributed by atoms with E-state index in [1.54, 1.807) is 0 Å². The van der Waals surface area contributed by atoms with Gasteiger partial charge in [0.2, 0.25) is 0 Å². The van der Waals surface area contributed by atoms with Gasteiger partial charge in [-0.05, 0) is 25.0 Å². The first kappa shape index (κ1) is 14.1. The maximum Gasteiger partial charge on any atom is 0.412 e. The summed E-state index contributed by atoms with van der Waals surface area (Å²) >= 11 is 0. The van der Waals surface area contributed by atoms with Crippen molar-refractivity contribution in [2.45, 2.75) is 26.0 Å². The molecular weight excluding hydrogens is 257 g/mol. The summed E-state index contributed by atoms with van der Waals surface area (Å²) in [6.07, 6.45) is 2.14. The normalized spacial score (nSPS) is 22.6. The third-order valence-electron chi connectivity index (χ3n) is 4.07. The zero-order valence-corrected chi connectivity index (χ0v) is 12.5. The largest absolute Gasteiger partial charge is 0.412 e. The summed E-state index contributed by atoms with van der Waals surface area (Å²) in [5.41, 5.74) is 3.69. The minimum atomic E-state index is -0.0228. The molecule has 0 bridgehead atoms. The van der Waals surface area contributed by atoms with E-state index in [1.165, 1.54) is 16.6 Å². The first-order chi connectivity index (χ1) is 10.3. The van der Waals surface area contributed by atoms with Gasteiger partial charge < -0.3 is 9.88 Å². The Balaban J connectivity index is 1.95. The molecule has 1 saturated heterocycles. The molecule has 0 aliphatic carbocycles. The van der Waals surface area contributed by atoms with Crippen LogP contribution in [-0.4, -0.2) is 7.05 Å². The molecule has 1 aliphatic heterocycles. The van der Waals surface area contributed by atoms with Crippen molar-refractivity contribution in [1.82, 2.24) is 5.23 Å². The van der Waals surface area contributed by atoms with Crippen molar-refractivity contribution in [3.8, 4) is 0 Å². The monoisotopic (exact) mass is 277 g/mol. The average Bonchev–Trinajstić information content (AvgIpc) is 3.01. The summed E-state index contributed by atoms with van der Waals surface area (Å²) < 4.78 is 6.29. The number of rotatable bonds is 3. The van der Waals surface area contributed by atoms with E-state index in [9.17, 15) is 0 Å². The van der Waals surface area contributed by atoms with Crippen LogP contribution in [0.4, 0.5) is 0 Å². The summed E-state index contributed by atoms with van der Waals surface area (Å²) in [5, 5.41) is 3.62. The third-order valence-corrected chi connectivity index (χ3v) is 4.07. The van der Waals surface area contributed by atoms with Gasteiger partial charge in [-0.2, -0.15) is 0 Å². The SMILES string of the molecule is C/C=C(/C)B1N[C@@H](c2ccccc2)[C@@H](c2ccccc2)O1. The Morgan fingerprint density at radius 1 is 1.00 bits per heavy atom. The van der Waals surface area contributed by atoms with E-state index in [0.717, 1.165) is 0 Å². The molecule has 1 fully saturated rings. The van der Waals surface area contributed by atoms with Crippen LogP contribution in [0.2, 0.25) is 0 Å². The number of benzene rings is 2. The molecule has 3 heteroatoms. The van der Waals surface area contributed by atoms with Crippen LogP contribution >= 0.6 is 0 Å². The van der Waals surface area contributed by atoms with Crippen LogP contribution in [0.25, 0.3) is 0 Å². The van der Waals surface area contributed by atoms with Crippen LogP contribution in [0, 0.1) is 0 Å². The van der Waals surface area contributed by atoms with E-state index in [4.69, 9.17) is 4.65 Å². The molecule has 21 heavy (non-hydrogen) atoms. The minimum absolute atomic E-state index is 0.0228. The van der Waals surface area contributed by atoms with E-state index in [-0.39, 0.29) is 19.2 Å². The molecule has 0 radical (unpaired) electrons. The summed E-state index contributed by atoms with van der Waals surface area (Å²) in [6.45, 7) is 4.15. The molecule has 3 rings (SSSR count). The Labute approximate surface area is 127 Å². The number of nitrogens with one attached hydrogen (secondary N) is 1. The van der Waals surface area contributed by atoms with E-state index >= 15 is 0 Å². The van der Waals surface area contributed by atoms with Crippen LogP contribution in [0.1, 0.15) is 37.1 Å². The smallest absolute Gasteiger partial charge is 0.409 e. The van der Waals surface area contributed by atoms with Gasteiger partial charge in [0, 0.05) is 0 Å². The van der Waals surface area contributed by atoms with Crippen LogP contribution in [0.3, 0.4) is 0 Å². The molecule has 2 nitrogen and oxygen atoms in total. The van der Waals surface area contributed by atoms with Crippen molar-refractivity contribution in [1.29, 1.82) is 0 Å². The van der Waals surface area contributed by atoms with Gasteiger partial charge in [0.05, 0.1) is 12.1 Å². The molecule has 2 atom stereocenters. The highest BCUT2D eigenvalue weighted by Gasteiger charge is 2.39. The Kier molecular flexibility index (Phi) is 4.23. The second-order valence-electron chi connectivity index (χ2n) is 5.44. The zero-order chi connectivity index (χ0) is 14.7. The van der Waals surface area contributed by atoms with Crippen LogP contribution in [0.15, 0.2) is 72.2 Å². The van der Waals surface area contributed by atoms with Crippen LogP contribution < -0.4 is 5.23 Å². The average molecular weight is 277 g/mol. The third kappa shape index (κ3) is 2.94. The van der Waals surface area contributed by atoms with Gasteiger partial charge in [0.25, 0.3) is 0 Å². The maximum absolute atomic E-state index is 6.29. The van der Waals surface area contributed by atoms with Crippen molar-refractivity contribution in [2.24, 2.45) is 0 Å². The minimum Gasteiger partial charge on any atom is -0.409 e. The van der Waals surface area contributed by atoms with Gasteiger partial charge >= 0.3 is 7.05 Å². The standard InChI is InChI=1S/C18H20BNO/c1-3-14(2)19-20-17(15-10-6-4-7-11-15)18(21-19)16-12-8-5-9-13-16/h3-13,17-18,20H,1-2H3/b14-3-/t17-,18+/m0/s1. The Bertz CT molecular complexity index is 564. The van der Waals surface area contributed by atoms with Crippen molar-refractivity contribution in [3.05, 3.63) is 83.3 Å². The molecular formula is C18H20BNO. The molecule has 2 aromatic rings. The van der Waals surface area contributed by atoms with Gasteiger partial charge in [-0.1, -0.05) is 72.2 Å². The Morgan fingerprint density at radius 3 is 2.14 bits per heavy atom. The lowest BCUT2D eigenvalue weighted by Gasteiger charge is -2.20. The van der Waals surface area contributed by atoms with E-state index in [0.29, 0.717) is 0 Å².